The molecule has 0 saturated carbocycles. The number of hydrogen-bond donors (Lipinski definition) is 3. The van der Waals surface area contributed by atoms with Gasteiger partial charge in [0.25, 0.3) is 12.4 Å². The summed E-state index contributed by atoms with van der Waals surface area (Å²) in [5, 5.41) is 14.0. The third kappa shape index (κ3) is 6.49. The Bertz CT molecular complexity index is 1070. The zero-order chi connectivity index (χ0) is 23.0. The van der Waals surface area contributed by atoms with Crippen LogP contribution in [0.2, 0.25) is 10.0 Å². The minimum Gasteiger partial charge on any atom is -0.483 e. The molecule has 0 spiro atoms. The van der Waals surface area contributed by atoms with Crippen molar-refractivity contribution < 1.29 is 14.7 Å². The van der Waals surface area contributed by atoms with Gasteiger partial charge in [0, 0.05) is 29.0 Å². The molecule has 0 aliphatic heterocycles. The van der Waals surface area contributed by atoms with E-state index < -0.39 is 0 Å². The normalized spacial score (nSPS) is 10.1. The number of benzene rings is 2. The molecule has 0 unspecified atom stereocenters. The van der Waals surface area contributed by atoms with E-state index in [0.717, 1.165) is 28.9 Å². The van der Waals surface area contributed by atoms with Gasteiger partial charge in [0.1, 0.15) is 0 Å². The molecule has 0 aliphatic rings. The standard InChI is InChI=1S/C21H20Cl2N4O.CH2O2/c1-12-8-14(11-24-3)9-13(2)19(12)27-21(28)20-25-7-6-18(26-20)16-10-15(22)4-5-17(16)23;2-1-3/h4-10,24H,11H2,1-3H3,(H,27,28);1H,(H,2,3). The van der Waals surface area contributed by atoms with E-state index in [1.54, 1.807) is 24.3 Å². The van der Waals surface area contributed by atoms with E-state index in [9.17, 15) is 4.79 Å². The highest BCUT2D eigenvalue weighted by atomic mass is 35.5. The second-order valence-electron chi connectivity index (χ2n) is 6.58. The zero-order valence-electron chi connectivity index (χ0n) is 17.2. The molecule has 0 bridgehead atoms. The number of hydrogen-bond acceptors (Lipinski definition) is 5. The summed E-state index contributed by atoms with van der Waals surface area (Å²) in [6.45, 7) is 4.44. The maximum Gasteiger partial charge on any atom is 0.293 e. The van der Waals surface area contributed by atoms with Crippen molar-refractivity contribution in [2.24, 2.45) is 0 Å². The highest BCUT2D eigenvalue weighted by Gasteiger charge is 2.15. The largest absolute Gasteiger partial charge is 0.483 e. The number of aromatic nitrogens is 2. The highest BCUT2D eigenvalue weighted by Crippen LogP contribution is 2.29. The number of carbonyl (C=O) groups is 2. The van der Waals surface area contributed by atoms with Crippen LogP contribution in [0.1, 0.15) is 27.3 Å². The number of carboxylic acid groups (broad SMARTS) is 1. The van der Waals surface area contributed by atoms with Crippen molar-refractivity contribution in [3.63, 3.8) is 0 Å². The molecular weight excluding hydrogens is 439 g/mol. The van der Waals surface area contributed by atoms with Crippen molar-refractivity contribution in [3.05, 3.63) is 75.2 Å². The molecule has 1 heterocycles. The molecule has 7 nitrogen and oxygen atoms in total. The lowest BCUT2D eigenvalue weighted by atomic mass is 10.0. The predicted molar refractivity (Wildman–Crippen MR) is 123 cm³/mol. The molecule has 3 N–H and O–H groups in total. The molecule has 0 radical (unpaired) electrons. The molecule has 9 heteroatoms. The Labute approximate surface area is 190 Å². The first kappa shape index (κ1) is 24.3. The van der Waals surface area contributed by atoms with Crippen LogP contribution < -0.4 is 10.6 Å². The van der Waals surface area contributed by atoms with E-state index >= 15 is 0 Å². The van der Waals surface area contributed by atoms with E-state index in [4.69, 9.17) is 33.1 Å². The van der Waals surface area contributed by atoms with Crippen LogP contribution in [0.15, 0.2) is 42.6 Å². The quantitative estimate of drug-likeness (QED) is 0.475. The minimum absolute atomic E-state index is 0.0617. The van der Waals surface area contributed by atoms with Crippen LogP contribution in [0.25, 0.3) is 11.3 Å². The molecular formula is C22H22Cl2N4O3. The lowest BCUT2D eigenvalue weighted by Crippen LogP contribution is -2.17. The summed E-state index contributed by atoms with van der Waals surface area (Å²) in [5.74, 6) is -0.320. The van der Waals surface area contributed by atoms with Gasteiger partial charge in [0.15, 0.2) is 0 Å². The summed E-state index contributed by atoms with van der Waals surface area (Å²) in [6, 6.07) is 10.9. The number of anilines is 1. The first-order chi connectivity index (χ1) is 14.8. The molecule has 162 valence electrons. The van der Waals surface area contributed by atoms with Crippen LogP contribution in [0, 0.1) is 13.8 Å². The lowest BCUT2D eigenvalue weighted by molar-refractivity contribution is -0.122. The molecule has 0 atom stereocenters. The average molecular weight is 461 g/mol. The summed E-state index contributed by atoms with van der Waals surface area (Å²) in [6.07, 6.45) is 1.53. The number of carbonyl (C=O) groups excluding carboxylic acids is 1. The predicted octanol–water partition coefficient (Wildman–Crippen LogP) is 4.74. The third-order valence-corrected chi connectivity index (χ3v) is 4.84. The maximum atomic E-state index is 12.8. The van der Waals surface area contributed by atoms with Crippen LogP contribution in [0.4, 0.5) is 5.69 Å². The Morgan fingerprint density at radius 2 is 1.77 bits per heavy atom. The Morgan fingerprint density at radius 1 is 1.13 bits per heavy atom. The average Bonchev–Trinajstić information content (AvgIpc) is 2.73. The van der Waals surface area contributed by atoms with Gasteiger partial charge < -0.3 is 15.7 Å². The Morgan fingerprint density at radius 3 is 2.39 bits per heavy atom. The zero-order valence-corrected chi connectivity index (χ0v) is 18.8. The van der Waals surface area contributed by atoms with Gasteiger partial charge in [-0.1, -0.05) is 35.3 Å². The van der Waals surface area contributed by atoms with Gasteiger partial charge in [0.2, 0.25) is 5.82 Å². The number of nitrogens with zero attached hydrogens (tertiary/aromatic N) is 2. The van der Waals surface area contributed by atoms with Crippen LogP contribution in [0.3, 0.4) is 0 Å². The van der Waals surface area contributed by atoms with Crippen molar-refractivity contribution in [1.82, 2.24) is 15.3 Å². The second kappa shape index (κ2) is 11.4. The smallest absolute Gasteiger partial charge is 0.293 e. The summed E-state index contributed by atoms with van der Waals surface area (Å²) in [4.78, 5) is 29.6. The van der Waals surface area contributed by atoms with Gasteiger partial charge in [-0.05, 0) is 61.9 Å². The molecule has 1 aromatic heterocycles. The van der Waals surface area contributed by atoms with Gasteiger partial charge in [-0.3, -0.25) is 9.59 Å². The summed E-state index contributed by atoms with van der Waals surface area (Å²) < 4.78 is 0. The van der Waals surface area contributed by atoms with E-state index in [-0.39, 0.29) is 18.2 Å². The first-order valence-electron chi connectivity index (χ1n) is 9.23. The van der Waals surface area contributed by atoms with E-state index in [0.29, 0.717) is 21.3 Å². The van der Waals surface area contributed by atoms with Crippen molar-refractivity contribution in [1.29, 1.82) is 0 Å². The van der Waals surface area contributed by atoms with E-state index in [2.05, 4.69) is 20.6 Å². The maximum absolute atomic E-state index is 12.8. The third-order valence-electron chi connectivity index (χ3n) is 4.27. The Kier molecular flexibility index (Phi) is 8.93. The second-order valence-corrected chi connectivity index (χ2v) is 7.43. The van der Waals surface area contributed by atoms with Gasteiger partial charge in [-0.15, -0.1) is 0 Å². The number of halogens is 2. The first-order valence-corrected chi connectivity index (χ1v) is 9.98. The van der Waals surface area contributed by atoms with Gasteiger partial charge in [-0.25, -0.2) is 9.97 Å². The molecule has 31 heavy (non-hydrogen) atoms. The fraction of sp³-hybridized carbons (Fsp3) is 0.182. The van der Waals surface area contributed by atoms with Gasteiger partial charge in [-0.2, -0.15) is 0 Å². The van der Waals surface area contributed by atoms with Crippen molar-refractivity contribution >= 4 is 41.3 Å². The molecule has 3 aromatic rings. The van der Waals surface area contributed by atoms with Gasteiger partial charge >= 0.3 is 0 Å². The molecule has 1 amide bonds. The molecule has 2 aromatic carbocycles. The summed E-state index contributed by atoms with van der Waals surface area (Å²) >= 11 is 12.3. The number of nitrogens with one attached hydrogen (secondary N) is 2. The monoisotopic (exact) mass is 460 g/mol. The van der Waals surface area contributed by atoms with Crippen LogP contribution >= 0.6 is 23.2 Å². The van der Waals surface area contributed by atoms with Crippen LogP contribution in [-0.2, 0) is 11.3 Å². The SMILES string of the molecule is CNCc1cc(C)c(NC(=O)c2nccc(-c3cc(Cl)ccc3Cl)n2)c(C)c1.O=CO. The van der Waals surface area contributed by atoms with Crippen LogP contribution in [0.5, 0.6) is 0 Å². The molecule has 0 fully saturated rings. The Hall–Kier alpha value is -3.00. The number of rotatable bonds is 5. The van der Waals surface area contributed by atoms with Crippen molar-refractivity contribution in [3.8, 4) is 11.3 Å². The van der Waals surface area contributed by atoms with Crippen molar-refractivity contribution in [2.75, 3.05) is 12.4 Å². The van der Waals surface area contributed by atoms with Crippen molar-refractivity contribution in [2.45, 2.75) is 20.4 Å². The molecule has 0 aliphatic carbocycles. The van der Waals surface area contributed by atoms with E-state index in [1.807, 2.05) is 33.0 Å². The minimum atomic E-state index is -0.382. The fourth-order valence-electron chi connectivity index (χ4n) is 3.04. The summed E-state index contributed by atoms with van der Waals surface area (Å²) in [5.41, 5.74) is 5.06. The van der Waals surface area contributed by atoms with Crippen LogP contribution in [-0.4, -0.2) is 34.5 Å². The Balaban J connectivity index is 0.00000107. The number of aryl methyl sites for hydroxylation is 2. The highest BCUT2D eigenvalue weighted by molar-refractivity contribution is 6.35. The van der Waals surface area contributed by atoms with E-state index in [1.165, 1.54) is 6.20 Å². The summed E-state index contributed by atoms with van der Waals surface area (Å²) in [7, 11) is 1.90. The fourth-order valence-corrected chi connectivity index (χ4v) is 3.42. The number of amides is 1. The lowest BCUT2D eigenvalue weighted by Gasteiger charge is -2.14. The molecule has 0 saturated heterocycles. The van der Waals surface area contributed by atoms with Gasteiger partial charge in [0.05, 0.1) is 10.7 Å². The molecule has 3 rings (SSSR count). The topological polar surface area (TPSA) is 104 Å².